The number of aliphatic hydroxyl groups is 1. The van der Waals surface area contributed by atoms with Crippen molar-refractivity contribution in [1.29, 1.82) is 0 Å². The number of aromatic amines is 1. The molecule has 1 aromatic carbocycles. The standard InChI is InChI=1S/C18H24N4O2/c1-13-15(20-16(19-13)14-7-5-4-6-8-14)17(23)22-10-9-18(24,12-22)11-21(2)3/h4-8,24H,9-12H2,1-3H3,(H,19,20)/t18-/m0/s1. The van der Waals surface area contributed by atoms with Gasteiger partial charge in [-0.05, 0) is 27.4 Å². The number of carbonyl (C=O) groups is 1. The smallest absolute Gasteiger partial charge is 0.274 e. The number of imidazole rings is 1. The zero-order valence-electron chi connectivity index (χ0n) is 14.4. The molecule has 0 aliphatic carbocycles. The Hall–Kier alpha value is -2.18. The minimum atomic E-state index is -0.842. The number of hydrogen-bond acceptors (Lipinski definition) is 4. The summed E-state index contributed by atoms with van der Waals surface area (Å²) < 4.78 is 0. The van der Waals surface area contributed by atoms with Crippen molar-refractivity contribution in [2.75, 3.05) is 33.7 Å². The summed E-state index contributed by atoms with van der Waals surface area (Å²) in [6.45, 7) is 3.30. The molecule has 0 saturated carbocycles. The molecule has 0 spiro atoms. The molecule has 2 N–H and O–H groups in total. The van der Waals surface area contributed by atoms with E-state index in [1.165, 1.54) is 0 Å². The number of nitrogens with zero attached hydrogens (tertiary/aromatic N) is 3. The average molecular weight is 328 g/mol. The molecule has 1 aromatic heterocycles. The molecule has 0 bridgehead atoms. The molecule has 1 aliphatic heterocycles. The van der Waals surface area contributed by atoms with Gasteiger partial charge >= 0.3 is 0 Å². The molecule has 1 aliphatic rings. The summed E-state index contributed by atoms with van der Waals surface area (Å²) in [4.78, 5) is 24.1. The molecule has 2 heterocycles. The van der Waals surface area contributed by atoms with Crippen molar-refractivity contribution in [3.63, 3.8) is 0 Å². The number of carbonyl (C=O) groups excluding carboxylic acids is 1. The van der Waals surface area contributed by atoms with Crippen molar-refractivity contribution >= 4 is 5.91 Å². The van der Waals surface area contributed by atoms with Gasteiger partial charge in [0.2, 0.25) is 0 Å². The highest BCUT2D eigenvalue weighted by Crippen LogP contribution is 2.25. The van der Waals surface area contributed by atoms with Gasteiger partial charge in [-0.1, -0.05) is 30.3 Å². The Kier molecular flexibility index (Phi) is 4.43. The van der Waals surface area contributed by atoms with Crippen LogP contribution in [0.15, 0.2) is 30.3 Å². The van der Waals surface area contributed by atoms with Gasteiger partial charge in [-0.25, -0.2) is 4.98 Å². The lowest BCUT2D eigenvalue weighted by Crippen LogP contribution is -2.43. The molecular formula is C18H24N4O2. The van der Waals surface area contributed by atoms with Crippen LogP contribution >= 0.6 is 0 Å². The molecular weight excluding hydrogens is 304 g/mol. The molecule has 2 aromatic rings. The van der Waals surface area contributed by atoms with Gasteiger partial charge in [0, 0.05) is 24.3 Å². The SMILES string of the molecule is Cc1[nH]c(-c2ccccc2)nc1C(=O)N1CC[C@](O)(CN(C)C)C1. The zero-order chi connectivity index (χ0) is 17.3. The van der Waals surface area contributed by atoms with Crippen LogP contribution in [0.25, 0.3) is 11.4 Å². The van der Waals surface area contributed by atoms with E-state index >= 15 is 0 Å². The minimum Gasteiger partial charge on any atom is -0.387 e. The highest BCUT2D eigenvalue weighted by Gasteiger charge is 2.39. The van der Waals surface area contributed by atoms with E-state index in [1.54, 1.807) is 4.90 Å². The molecule has 1 fully saturated rings. The summed E-state index contributed by atoms with van der Waals surface area (Å²) >= 11 is 0. The van der Waals surface area contributed by atoms with Gasteiger partial charge in [0.1, 0.15) is 11.5 Å². The third-order valence-electron chi connectivity index (χ3n) is 4.36. The molecule has 0 radical (unpaired) electrons. The Morgan fingerprint density at radius 3 is 2.75 bits per heavy atom. The van der Waals surface area contributed by atoms with Gasteiger partial charge in [-0.2, -0.15) is 0 Å². The van der Waals surface area contributed by atoms with Crippen molar-refractivity contribution in [3.05, 3.63) is 41.7 Å². The number of amides is 1. The Balaban J connectivity index is 1.78. The normalized spacial score (nSPS) is 20.8. The Bertz CT molecular complexity index is 726. The lowest BCUT2D eigenvalue weighted by molar-refractivity contribution is 0.0235. The second kappa shape index (κ2) is 6.37. The quantitative estimate of drug-likeness (QED) is 0.893. The van der Waals surface area contributed by atoms with E-state index in [9.17, 15) is 9.90 Å². The van der Waals surface area contributed by atoms with Gasteiger partial charge in [0.25, 0.3) is 5.91 Å². The second-order valence-corrected chi connectivity index (χ2v) is 6.86. The zero-order valence-corrected chi connectivity index (χ0v) is 14.4. The predicted molar refractivity (Wildman–Crippen MR) is 92.8 cm³/mol. The maximum Gasteiger partial charge on any atom is 0.274 e. The highest BCUT2D eigenvalue weighted by molar-refractivity contribution is 5.94. The third kappa shape index (κ3) is 3.34. The molecule has 3 rings (SSSR count). The first kappa shape index (κ1) is 16.7. The summed E-state index contributed by atoms with van der Waals surface area (Å²) in [7, 11) is 3.85. The van der Waals surface area contributed by atoms with Crippen LogP contribution in [0.1, 0.15) is 22.6 Å². The van der Waals surface area contributed by atoms with Crippen LogP contribution in [0, 0.1) is 6.92 Å². The summed E-state index contributed by atoms with van der Waals surface area (Å²) in [5.74, 6) is 0.569. The van der Waals surface area contributed by atoms with Crippen molar-refractivity contribution in [1.82, 2.24) is 19.8 Å². The number of aromatic nitrogens is 2. The summed E-state index contributed by atoms with van der Waals surface area (Å²) in [5, 5.41) is 10.6. The van der Waals surface area contributed by atoms with E-state index < -0.39 is 5.60 Å². The number of H-pyrrole nitrogens is 1. The maximum atomic E-state index is 12.8. The van der Waals surface area contributed by atoms with Crippen LogP contribution in [-0.4, -0.2) is 70.1 Å². The first-order valence-corrected chi connectivity index (χ1v) is 8.16. The molecule has 1 saturated heterocycles. The van der Waals surface area contributed by atoms with Crippen LogP contribution in [0.4, 0.5) is 0 Å². The first-order valence-electron chi connectivity index (χ1n) is 8.16. The topological polar surface area (TPSA) is 72.5 Å². The Labute approximate surface area is 142 Å². The maximum absolute atomic E-state index is 12.8. The lowest BCUT2D eigenvalue weighted by Gasteiger charge is -2.26. The fourth-order valence-corrected chi connectivity index (χ4v) is 3.30. The number of likely N-dealkylation sites (tertiary alicyclic amines) is 1. The Morgan fingerprint density at radius 2 is 2.08 bits per heavy atom. The number of β-amino-alcohol motifs (C(OH)–C–C–N with tert-alkyl or cyclic N) is 1. The fraction of sp³-hybridized carbons (Fsp3) is 0.444. The Morgan fingerprint density at radius 1 is 1.38 bits per heavy atom. The summed E-state index contributed by atoms with van der Waals surface area (Å²) in [6, 6.07) is 9.74. The van der Waals surface area contributed by atoms with Crippen molar-refractivity contribution in [3.8, 4) is 11.4 Å². The van der Waals surface area contributed by atoms with E-state index in [1.807, 2.05) is 56.3 Å². The van der Waals surface area contributed by atoms with E-state index in [4.69, 9.17) is 0 Å². The van der Waals surface area contributed by atoms with Crippen LogP contribution in [0.2, 0.25) is 0 Å². The van der Waals surface area contributed by atoms with E-state index in [0.29, 0.717) is 37.6 Å². The summed E-state index contributed by atoms with van der Waals surface area (Å²) in [5.41, 5.74) is 1.29. The number of hydrogen-bond donors (Lipinski definition) is 2. The molecule has 1 atom stereocenters. The van der Waals surface area contributed by atoms with Crippen LogP contribution in [-0.2, 0) is 0 Å². The molecule has 0 unspecified atom stereocenters. The second-order valence-electron chi connectivity index (χ2n) is 6.86. The lowest BCUT2D eigenvalue weighted by atomic mass is 10.0. The summed E-state index contributed by atoms with van der Waals surface area (Å²) in [6.07, 6.45) is 0.589. The number of benzene rings is 1. The van der Waals surface area contributed by atoms with Gasteiger partial charge in [-0.3, -0.25) is 4.79 Å². The van der Waals surface area contributed by atoms with Gasteiger partial charge < -0.3 is 19.9 Å². The minimum absolute atomic E-state index is 0.124. The first-order chi connectivity index (χ1) is 11.4. The third-order valence-corrected chi connectivity index (χ3v) is 4.36. The number of likely N-dealkylation sites (N-methyl/N-ethyl adjacent to an activating group) is 1. The molecule has 6 nitrogen and oxygen atoms in total. The number of rotatable bonds is 4. The van der Waals surface area contributed by atoms with Crippen molar-refractivity contribution in [2.24, 2.45) is 0 Å². The largest absolute Gasteiger partial charge is 0.387 e. The van der Waals surface area contributed by atoms with Gasteiger partial charge in [0.15, 0.2) is 0 Å². The molecule has 128 valence electrons. The van der Waals surface area contributed by atoms with E-state index in [2.05, 4.69) is 9.97 Å². The molecule has 24 heavy (non-hydrogen) atoms. The van der Waals surface area contributed by atoms with E-state index in [-0.39, 0.29) is 5.91 Å². The predicted octanol–water partition coefficient (Wildman–Crippen LogP) is 1.52. The van der Waals surface area contributed by atoms with E-state index in [0.717, 1.165) is 11.3 Å². The van der Waals surface area contributed by atoms with Crippen LogP contribution in [0.5, 0.6) is 0 Å². The van der Waals surface area contributed by atoms with Crippen molar-refractivity contribution in [2.45, 2.75) is 18.9 Å². The molecule has 6 heteroatoms. The average Bonchev–Trinajstić information content (AvgIpc) is 3.10. The monoisotopic (exact) mass is 328 g/mol. The number of nitrogens with one attached hydrogen (secondary N) is 1. The van der Waals surface area contributed by atoms with Crippen LogP contribution < -0.4 is 0 Å². The van der Waals surface area contributed by atoms with Gasteiger partial charge in [-0.15, -0.1) is 0 Å². The number of aryl methyl sites for hydroxylation is 1. The van der Waals surface area contributed by atoms with Crippen molar-refractivity contribution < 1.29 is 9.90 Å². The van der Waals surface area contributed by atoms with Gasteiger partial charge in [0.05, 0.1) is 12.1 Å². The molecule has 1 amide bonds. The highest BCUT2D eigenvalue weighted by atomic mass is 16.3. The fourth-order valence-electron chi connectivity index (χ4n) is 3.30. The van der Waals surface area contributed by atoms with Crippen LogP contribution in [0.3, 0.4) is 0 Å².